The summed E-state index contributed by atoms with van der Waals surface area (Å²) in [5.41, 5.74) is -0.414. The molecule has 1 spiro atoms. The van der Waals surface area contributed by atoms with E-state index >= 15 is 0 Å². The first-order valence-electron chi connectivity index (χ1n) is 5.94. The third kappa shape index (κ3) is 2.23. The van der Waals surface area contributed by atoms with E-state index in [9.17, 15) is 4.79 Å². The molecule has 2 unspecified atom stereocenters. The van der Waals surface area contributed by atoms with Gasteiger partial charge in [-0.3, -0.25) is 4.79 Å². The maximum absolute atomic E-state index is 12.1. The Morgan fingerprint density at radius 3 is 2.81 bits per heavy atom. The van der Waals surface area contributed by atoms with Crippen LogP contribution in [0.4, 0.5) is 0 Å². The number of esters is 1. The summed E-state index contributed by atoms with van der Waals surface area (Å²) < 4.78 is 10.9. The molecule has 1 N–H and O–H groups in total. The first-order valence-corrected chi connectivity index (χ1v) is 5.94. The SMILES string of the molecule is CC(C)(C)OC(=O)C1CNCC12CCOC2. The van der Waals surface area contributed by atoms with Crippen LogP contribution in [-0.4, -0.2) is 37.9 Å². The average Bonchev–Trinajstić information content (AvgIpc) is 2.74. The van der Waals surface area contributed by atoms with Gasteiger partial charge in [0.05, 0.1) is 12.5 Å². The van der Waals surface area contributed by atoms with E-state index in [0.717, 1.165) is 26.1 Å². The zero-order valence-corrected chi connectivity index (χ0v) is 10.3. The lowest BCUT2D eigenvalue weighted by molar-refractivity contribution is -0.163. The lowest BCUT2D eigenvalue weighted by Crippen LogP contribution is -2.39. The fourth-order valence-electron chi connectivity index (χ4n) is 2.55. The van der Waals surface area contributed by atoms with Gasteiger partial charge in [-0.15, -0.1) is 0 Å². The van der Waals surface area contributed by atoms with Crippen LogP contribution in [0.5, 0.6) is 0 Å². The Morgan fingerprint density at radius 1 is 1.50 bits per heavy atom. The van der Waals surface area contributed by atoms with Crippen molar-refractivity contribution < 1.29 is 14.3 Å². The minimum absolute atomic E-state index is 0.0116. The van der Waals surface area contributed by atoms with Gasteiger partial charge in [0.2, 0.25) is 0 Å². The molecule has 2 rings (SSSR count). The Hall–Kier alpha value is -0.610. The predicted molar refractivity (Wildman–Crippen MR) is 60.1 cm³/mol. The van der Waals surface area contributed by atoms with E-state index in [1.807, 2.05) is 20.8 Å². The molecule has 0 saturated carbocycles. The van der Waals surface area contributed by atoms with Crippen molar-refractivity contribution in [2.45, 2.75) is 32.8 Å². The molecule has 0 radical (unpaired) electrons. The summed E-state index contributed by atoms with van der Waals surface area (Å²) in [5, 5.41) is 3.29. The second kappa shape index (κ2) is 4.00. The first kappa shape index (κ1) is 11.9. The van der Waals surface area contributed by atoms with E-state index < -0.39 is 5.60 Å². The third-order valence-corrected chi connectivity index (χ3v) is 3.39. The molecule has 2 fully saturated rings. The zero-order valence-electron chi connectivity index (χ0n) is 10.3. The molecule has 16 heavy (non-hydrogen) atoms. The van der Waals surface area contributed by atoms with Crippen molar-refractivity contribution in [1.29, 1.82) is 0 Å². The molecule has 0 aromatic heterocycles. The van der Waals surface area contributed by atoms with Crippen LogP contribution in [0.1, 0.15) is 27.2 Å². The van der Waals surface area contributed by atoms with Crippen LogP contribution in [0.3, 0.4) is 0 Å². The predicted octanol–water partition coefficient (Wildman–Crippen LogP) is 0.954. The lowest BCUT2D eigenvalue weighted by atomic mass is 9.77. The number of nitrogens with one attached hydrogen (secondary N) is 1. The van der Waals surface area contributed by atoms with Crippen molar-refractivity contribution in [3.63, 3.8) is 0 Å². The van der Waals surface area contributed by atoms with Crippen LogP contribution in [0.15, 0.2) is 0 Å². The van der Waals surface area contributed by atoms with Gasteiger partial charge < -0.3 is 14.8 Å². The highest BCUT2D eigenvalue weighted by molar-refractivity contribution is 5.75. The van der Waals surface area contributed by atoms with Crippen LogP contribution in [0.2, 0.25) is 0 Å². The van der Waals surface area contributed by atoms with E-state index in [2.05, 4.69) is 5.32 Å². The first-order chi connectivity index (χ1) is 7.43. The number of hydrogen-bond acceptors (Lipinski definition) is 4. The van der Waals surface area contributed by atoms with Crippen molar-refractivity contribution in [2.75, 3.05) is 26.3 Å². The summed E-state index contributed by atoms with van der Waals surface area (Å²) in [6, 6.07) is 0. The number of rotatable bonds is 1. The van der Waals surface area contributed by atoms with Gasteiger partial charge in [-0.05, 0) is 27.2 Å². The van der Waals surface area contributed by atoms with Gasteiger partial charge in [0.1, 0.15) is 5.60 Å². The number of carbonyl (C=O) groups is 1. The second-order valence-corrected chi connectivity index (χ2v) is 5.88. The molecular formula is C12H21NO3. The standard InChI is InChI=1S/C12H21NO3/c1-11(2,3)16-10(14)9-6-13-7-12(9)4-5-15-8-12/h9,13H,4-8H2,1-3H3. The Labute approximate surface area is 96.7 Å². The lowest BCUT2D eigenvalue weighted by Gasteiger charge is -2.29. The molecule has 0 aliphatic carbocycles. The molecule has 0 amide bonds. The molecule has 2 heterocycles. The minimum atomic E-state index is -0.402. The summed E-state index contributed by atoms with van der Waals surface area (Å²) in [7, 11) is 0. The van der Waals surface area contributed by atoms with Gasteiger partial charge in [0.25, 0.3) is 0 Å². The van der Waals surface area contributed by atoms with E-state index in [4.69, 9.17) is 9.47 Å². The largest absolute Gasteiger partial charge is 0.460 e. The number of carbonyl (C=O) groups excluding carboxylic acids is 1. The molecule has 4 nitrogen and oxygen atoms in total. The minimum Gasteiger partial charge on any atom is -0.460 e. The maximum Gasteiger partial charge on any atom is 0.311 e. The van der Waals surface area contributed by atoms with Gasteiger partial charge in [0, 0.05) is 25.1 Å². The third-order valence-electron chi connectivity index (χ3n) is 3.39. The van der Waals surface area contributed by atoms with Crippen molar-refractivity contribution in [3.05, 3.63) is 0 Å². The van der Waals surface area contributed by atoms with Gasteiger partial charge >= 0.3 is 5.97 Å². The fourth-order valence-corrected chi connectivity index (χ4v) is 2.55. The van der Waals surface area contributed by atoms with Gasteiger partial charge in [-0.2, -0.15) is 0 Å². The molecular weight excluding hydrogens is 206 g/mol. The van der Waals surface area contributed by atoms with Crippen molar-refractivity contribution in [3.8, 4) is 0 Å². The van der Waals surface area contributed by atoms with Crippen molar-refractivity contribution in [1.82, 2.24) is 5.32 Å². The molecule has 0 aromatic carbocycles. The Balaban J connectivity index is 2.05. The Morgan fingerprint density at radius 2 is 2.25 bits per heavy atom. The van der Waals surface area contributed by atoms with Gasteiger partial charge in [-0.1, -0.05) is 0 Å². The summed E-state index contributed by atoms with van der Waals surface area (Å²) in [5.74, 6) is -0.128. The zero-order chi connectivity index (χ0) is 11.8. The highest BCUT2D eigenvalue weighted by atomic mass is 16.6. The highest BCUT2D eigenvalue weighted by Gasteiger charge is 2.50. The van der Waals surface area contributed by atoms with Crippen LogP contribution < -0.4 is 5.32 Å². The molecule has 92 valence electrons. The van der Waals surface area contributed by atoms with Crippen LogP contribution in [0, 0.1) is 11.3 Å². The van der Waals surface area contributed by atoms with Crippen LogP contribution in [0.25, 0.3) is 0 Å². The second-order valence-electron chi connectivity index (χ2n) is 5.88. The van der Waals surface area contributed by atoms with Crippen molar-refractivity contribution in [2.24, 2.45) is 11.3 Å². The highest BCUT2D eigenvalue weighted by Crippen LogP contribution is 2.40. The monoisotopic (exact) mass is 227 g/mol. The van der Waals surface area contributed by atoms with Crippen LogP contribution in [-0.2, 0) is 14.3 Å². The molecule has 4 heteroatoms. The Kier molecular flexibility index (Phi) is 2.97. The van der Waals surface area contributed by atoms with Gasteiger partial charge in [0.15, 0.2) is 0 Å². The topological polar surface area (TPSA) is 47.6 Å². The molecule has 2 aliphatic heterocycles. The number of hydrogen-bond donors (Lipinski definition) is 1. The summed E-state index contributed by atoms with van der Waals surface area (Å²) >= 11 is 0. The van der Waals surface area contributed by atoms with E-state index in [1.165, 1.54) is 0 Å². The smallest absolute Gasteiger partial charge is 0.311 e. The van der Waals surface area contributed by atoms with Crippen molar-refractivity contribution >= 4 is 5.97 Å². The quantitative estimate of drug-likeness (QED) is 0.678. The number of ether oxygens (including phenoxy) is 2. The molecule has 0 bridgehead atoms. The average molecular weight is 227 g/mol. The van der Waals surface area contributed by atoms with E-state index in [1.54, 1.807) is 0 Å². The Bertz CT molecular complexity index is 271. The van der Waals surface area contributed by atoms with E-state index in [0.29, 0.717) is 6.61 Å². The molecule has 2 saturated heterocycles. The van der Waals surface area contributed by atoms with Gasteiger partial charge in [-0.25, -0.2) is 0 Å². The summed E-state index contributed by atoms with van der Waals surface area (Å²) in [6.45, 7) is 8.77. The van der Waals surface area contributed by atoms with Crippen LogP contribution >= 0.6 is 0 Å². The normalized spacial score (nSPS) is 34.6. The molecule has 2 aliphatic rings. The molecule has 0 aromatic rings. The molecule has 2 atom stereocenters. The fraction of sp³-hybridized carbons (Fsp3) is 0.917. The summed E-state index contributed by atoms with van der Waals surface area (Å²) in [4.78, 5) is 12.1. The van der Waals surface area contributed by atoms with E-state index in [-0.39, 0.29) is 17.3 Å². The maximum atomic E-state index is 12.1. The summed E-state index contributed by atoms with van der Waals surface area (Å²) in [6.07, 6.45) is 0.962.